The third kappa shape index (κ3) is 2.70. The SMILES string of the molecule is O=C(NC1CCCCCC1O)c1cc2ccccc2o1. The number of fused-ring (bicyclic) bond motifs is 1. The van der Waals surface area contributed by atoms with Gasteiger partial charge in [-0.2, -0.15) is 0 Å². The van der Waals surface area contributed by atoms with Crippen LogP contribution in [-0.4, -0.2) is 23.2 Å². The first-order chi connectivity index (χ1) is 9.74. The Morgan fingerprint density at radius 1 is 1.20 bits per heavy atom. The van der Waals surface area contributed by atoms with Crippen LogP contribution in [0, 0.1) is 0 Å². The Bertz CT molecular complexity index is 572. The molecule has 1 aliphatic rings. The van der Waals surface area contributed by atoms with Crippen molar-refractivity contribution in [1.29, 1.82) is 0 Å². The molecule has 2 unspecified atom stereocenters. The predicted octanol–water partition coefficient (Wildman–Crippen LogP) is 2.86. The number of rotatable bonds is 2. The topological polar surface area (TPSA) is 62.5 Å². The van der Waals surface area contributed by atoms with Crippen LogP contribution in [0.5, 0.6) is 0 Å². The van der Waals surface area contributed by atoms with Gasteiger partial charge in [-0.3, -0.25) is 4.79 Å². The summed E-state index contributed by atoms with van der Waals surface area (Å²) in [5.41, 5.74) is 0.707. The normalized spacial score (nSPS) is 23.4. The fraction of sp³-hybridized carbons (Fsp3) is 0.438. The molecule has 0 aliphatic heterocycles. The number of nitrogens with one attached hydrogen (secondary N) is 1. The Morgan fingerprint density at radius 2 is 2.00 bits per heavy atom. The van der Waals surface area contributed by atoms with E-state index in [2.05, 4.69) is 5.32 Å². The molecule has 1 heterocycles. The summed E-state index contributed by atoms with van der Waals surface area (Å²) in [5.74, 6) is 0.0646. The number of hydrogen-bond donors (Lipinski definition) is 2. The lowest BCUT2D eigenvalue weighted by atomic mass is 10.1. The van der Waals surface area contributed by atoms with E-state index in [-0.39, 0.29) is 11.9 Å². The monoisotopic (exact) mass is 273 g/mol. The molecule has 0 spiro atoms. The van der Waals surface area contributed by atoms with E-state index in [4.69, 9.17) is 4.42 Å². The molecule has 2 aromatic rings. The zero-order chi connectivity index (χ0) is 13.9. The summed E-state index contributed by atoms with van der Waals surface area (Å²) in [5, 5.41) is 13.9. The average molecular weight is 273 g/mol. The van der Waals surface area contributed by atoms with Crippen molar-refractivity contribution in [3.05, 3.63) is 36.1 Å². The van der Waals surface area contributed by atoms with E-state index in [1.54, 1.807) is 6.07 Å². The van der Waals surface area contributed by atoms with Gasteiger partial charge in [0, 0.05) is 5.39 Å². The average Bonchev–Trinajstić information content (AvgIpc) is 2.79. The number of aliphatic hydroxyl groups excluding tert-OH is 1. The zero-order valence-electron chi connectivity index (χ0n) is 11.3. The van der Waals surface area contributed by atoms with Gasteiger partial charge in [0.25, 0.3) is 5.91 Å². The second-order valence-electron chi connectivity index (χ2n) is 5.43. The summed E-state index contributed by atoms with van der Waals surface area (Å²) in [6, 6.07) is 9.12. The summed E-state index contributed by atoms with van der Waals surface area (Å²) in [7, 11) is 0. The number of carbonyl (C=O) groups is 1. The number of furan rings is 1. The quantitative estimate of drug-likeness (QED) is 0.827. The third-order valence-electron chi connectivity index (χ3n) is 3.95. The second kappa shape index (κ2) is 5.67. The van der Waals surface area contributed by atoms with Gasteiger partial charge < -0.3 is 14.8 Å². The van der Waals surface area contributed by atoms with Crippen molar-refractivity contribution in [2.24, 2.45) is 0 Å². The van der Waals surface area contributed by atoms with Crippen molar-refractivity contribution in [3.8, 4) is 0 Å². The summed E-state index contributed by atoms with van der Waals surface area (Å²) in [6.07, 6.45) is 4.32. The van der Waals surface area contributed by atoms with E-state index < -0.39 is 6.10 Å². The van der Waals surface area contributed by atoms with Crippen molar-refractivity contribution in [3.63, 3.8) is 0 Å². The van der Waals surface area contributed by atoms with E-state index in [9.17, 15) is 9.90 Å². The molecule has 2 atom stereocenters. The molecule has 4 nitrogen and oxygen atoms in total. The summed E-state index contributed by atoms with van der Waals surface area (Å²) < 4.78 is 5.54. The zero-order valence-corrected chi connectivity index (χ0v) is 11.3. The van der Waals surface area contributed by atoms with E-state index >= 15 is 0 Å². The van der Waals surface area contributed by atoms with Gasteiger partial charge in [-0.15, -0.1) is 0 Å². The Hall–Kier alpha value is -1.81. The van der Waals surface area contributed by atoms with Crippen LogP contribution in [0.2, 0.25) is 0 Å². The van der Waals surface area contributed by atoms with Crippen molar-refractivity contribution < 1.29 is 14.3 Å². The van der Waals surface area contributed by atoms with Crippen molar-refractivity contribution in [2.45, 2.75) is 44.2 Å². The summed E-state index contributed by atoms with van der Waals surface area (Å²) >= 11 is 0. The van der Waals surface area contributed by atoms with Gasteiger partial charge >= 0.3 is 0 Å². The number of carbonyl (C=O) groups excluding carboxylic acids is 1. The highest BCUT2D eigenvalue weighted by molar-refractivity contribution is 5.96. The van der Waals surface area contributed by atoms with Crippen LogP contribution in [0.3, 0.4) is 0 Å². The molecule has 1 fully saturated rings. The van der Waals surface area contributed by atoms with E-state index in [1.165, 1.54) is 0 Å². The van der Waals surface area contributed by atoms with E-state index in [0.717, 1.165) is 37.5 Å². The van der Waals surface area contributed by atoms with Crippen LogP contribution in [-0.2, 0) is 0 Å². The number of benzene rings is 1. The summed E-state index contributed by atoms with van der Waals surface area (Å²) in [6.45, 7) is 0. The molecular formula is C16H19NO3. The molecule has 1 amide bonds. The minimum absolute atomic E-state index is 0.168. The van der Waals surface area contributed by atoms with Gasteiger partial charge in [0.05, 0.1) is 12.1 Å². The molecule has 20 heavy (non-hydrogen) atoms. The maximum Gasteiger partial charge on any atom is 0.287 e. The maximum absolute atomic E-state index is 12.2. The lowest BCUT2D eigenvalue weighted by molar-refractivity contribution is 0.0796. The van der Waals surface area contributed by atoms with Crippen molar-refractivity contribution >= 4 is 16.9 Å². The number of hydrogen-bond acceptors (Lipinski definition) is 3. The minimum atomic E-state index is -0.453. The smallest absolute Gasteiger partial charge is 0.287 e. The van der Waals surface area contributed by atoms with Crippen LogP contribution in [0.1, 0.15) is 42.7 Å². The first-order valence-corrected chi connectivity index (χ1v) is 7.21. The highest BCUT2D eigenvalue weighted by Crippen LogP contribution is 2.21. The maximum atomic E-state index is 12.2. The van der Waals surface area contributed by atoms with Crippen LogP contribution in [0.25, 0.3) is 11.0 Å². The van der Waals surface area contributed by atoms with Gasteiger partial charge in [0.1, 0.15) is 5.58 Å². The van der Waals surface area contributed by atoms with E-state index in [0.29, 0.717) is 11.3 Å². The van der Waals surface area contributed by atoms with Crippen LogP contribution in [0.4, 0.5) is 0 Å². The molecule has 3 rings (SSSR count). The molecule has 1 aromatic heterocycles. The number of amides is 1. The van der Waals surface area contributed by atoms with Gasteiger partial charge in [-0.25, -0.2) is 0 Å². The molecule has 0 bridgehead atoms. The molecule has 1 aliphatic carbocycles. The highest BCUT2D eigenvalue weighted by Gasteiger charge is 2.24. The standard InChI is InChI=1S/C16H19NO3/c18-13-8-3-1-2-7-12(13)17-16(19)15-10-11-6-4-5-9-14(11)20-15/h4-6,9-10,12-13,18H,1-3,7-8H2,(H,17,19). The Kier molecular flexibility index (Phi) is 3.74. The lowest BCUT2D eigenvalue weighted by Gasteiger charge is -2.21. The minimum Gasteiger partial charge on any atom is -0.451 e. The third-order valence-corrected chi connectivity index (χ3v) is 3.95. The van der Waals surface area contributed by atoms with Gasteiger partial charge in [-0.05, 0) is 25.0 Å². The highest BCUT2D eigenvalue weighted by atomic mass is 16.3. The molecule has 1 aromatic carbocycles. The van der Waals surface area contributed by atoms with Crippen molar-refractivity contribution in [1.82, 2.24) is 5.32 Å². The summed E-state index contributed by atoms with van der Waals surface area (Å²) in [4.78, 5) is 12.2. The molecule has 4 heteroatoms. The molecule has 1 saturated carbocycles. The molecule has 106 valence electrons. The fourth-order valence-electron chi connectivity index (χ4n) is 2.79. The predicted molar refractivity (Wildman–Crippen MR) is 76.6 cm³/mol. The lowest BCUT2D eigenvalue weighted by Crippen LogP contribution is -2.42. The second-order valence-corrected chi connectivity index (χ2v) is 5.43. The molecular weight excluding hydrogens is 254 g/mol. The largest absolute Gasteiger partial charge is 0.451 e. The van der Waals surface area contributed by atoms with Gasteiger partial charge in [-0.1, -0.05) is 37.5 Å². The van der Waals surface area contributed by atoms with E-state index in [1.807, 2.05) is 24.3 Å². The fourth-order valence-corrected chi connectivity index (χ4v) is 2.79. The van der Waals surface area contributed by atoms with Crippen LogP contribution < -0.4 is 5.32 Å². The van der Waals surface area contributed by atoms with Crippen LogP contribution >= 0.6 is 0 Å². The Labute approximate surface area is 117 Å². The van der Waals surface area contributed by atoms with Crippen LogP contribution in [0.15, 0.2) is 34.7 Å². The van der Waals surface area contributed by atoms with Crippen molar-refractivity contribution in [2.75, 3.05) is 0 Å². The van der Waals surface area contributed by atoms with Gasteiger partial charge in [0.15, 0.2) is 5.76 Å². The first-order valence-electron chi connectivity index (χ1n) is 7.21. The Morgan fingerprint density at radius 3 is 2.85 bits per heavy atom. The number of aliphatic hydroxyl groups is 1. The molecule has 0 saturated heterocycles. The number of para-hydroxylation sites is 1. The Balaban J connectivity index is 1.74. The molecule has 0 radical (unpaired) electrons. The van der Waals surface area contributed by atoms with Gasteiger partial charge in [0.2, 0.25) is 0 Å². The molecule has 2 N–H and O–H groups in total. The first kappa shape index (κ1) is 13.2.